The topological polar surface area (TPSA) is 59.8 Å². The van der Waals surface area contributed by atoms with Crippen LogP contribution in [0.3, 0.4) is 0 Å². The highest BCUT2D eigenvalue weighted by Crippen LogP contribution is 2.20. The smallest absolute Gasteiger partial charge is 0.338 e. The van der Waals surface area contributed by atoms with Gasteiger partial charge in [-0.05, 0) is 49.6 Å². The van der Waals surface area contributed by atoms with Crippen molar-refractivity contribution in [2.45, 2.75) is 32.4 Å². The summed E-state index contributed by atoms with van der Waals surface area (Å²) < 4.78 is 10.3. The molecule has 1 aromatic heterocycles. The number of carbonyl (C=O) groups is 2. The molecule has 5 heteroatoms. The molecule has 0 spiro atoms. The fraction of sp³-hybridized carbons (Fsp3) is 0.250. The van der Waals surface area contributed by atoms with Gasteiger partial charge in [-0.25, -0.2) is 4.79 Å². The average Bonchev–Trinajstić information content (AvgIpc) is 3.29. The first-order valence-electron chi connectivity index (χ1n) is 9.64. The Morgan fingerprint density at radius 2 is 1.66 bits per heavy atom. The van der Waals surface area contributed by atoms with Gasteiger partial charge in [0.15, 0.2) is 0 Å². The Balaban J connectivity index is 1.85. The van der Waals surface area contributed by atoms with E-state index in [1.165, 1.54) is 12.7 Å². The zero-order chi connectivity index (χ0) is 20.6. The van der Waals surface area contributed by atoms with Crippen molar-refractivity contribution in [1.29, 1.82) is 0 Å². The number of rotatable bonds is 8. The molecule has 0 aliphatic heterocycles. The summed E-state index contributed by atoms with van der Waals surface area (Å²) in [6.45, 7) is 2.35. The maximum absolute atomic E-state index is 13.4. The van der Waals surface area contributed by atoms with E-state index in [9.17, 15) is 9.59 Å². The fourth-order valence-corrected chi connectivity index (χ4v) is 3.29. The number of furan rings is 1. The van der Waals surface area contributed by atoms with E-state index in [4.69, 9.17) is 9.15 Å². The molecule has 0 saturated carbocycles. The maximum atomic E-state index is 13.4. The molecule has 0 fully saturated rings. The van der Waals surface area contributed by atoms with Gasteiger partial charge in [0.1, 0.15) is 5.76 Å². The van der Waals surface area contributed by atoms with Gasteiger partial charge in [-0.2, -0.15) is 0 Å². The molecule has 0 N–H and O–H groups in total. The number of hydrogen-bond donors (Lipinski definition) is 0. The van der Waals surface area contributed by atoms with Crippen LogP contribution in [0.5, 0.6) is 0 Å². The number of methoxy groups -OCH3 is 1. The number of ether oxygens (including phenoxy) is 1. The normalized spacial score (nSPS) is 11.7. The summed E-state index contributed by atoms with van der Waals surface area (Å²) in [4.78, 5) is 27.3. The van der Waals surface area contributed by atoms with Crippen molar-refractivity contribution in [3.8, 4) is 0 Å². The zero-order valence-electron chi connectivity index (χ0n) is 16.7. The molecular formula is C24H25NO4. The molecule has 3 aromatic rings. The first-order valence-corrected chi connectivity index (χ1v) is 9.64. The zero-order valence-corrected chi connectivity index (χ0v) is 16.7. The monoisotopic (exact) mass is 391 g/mol. The number of hydrogen-bond acceptors (Lipinski definition) is 4. The van der Waals surface area contributed by atoms with Crippen LogP contribution >= 0.6 is 0 Å². The van der Waals surface area contributed by atoms with Gasteiger partial charge in [-0.15, -0.1) is 0 Å². The van der Waals surface area contributed by atoms with Gasteiger partial charge >= 0.3 is 5.97 Å². The Morgan fingerprint density at radius 1 is 0.966 bits per heavy atom. The van der Waals surface area contributed by atoms with Crippen LogP contribution in [0.4, 0.5) is 0 Å². The molecule has 1 amide bonds. The standard InChI is InChI=1S/C24H25NO4/c1-18(14-15-19-9-4-3-5-10-19)25(17-20-11-8-16-29-20)23(26)21-12-6-7-13-22(21)24(27)28-2/h3-13,16,18H,14-15,17H2,1-2H3/t18-/m1/s1. The second-order valence-electron chi connectivity index (χ2n) is 6.92. The Kier molecular flexibility index (Phi) is 6.85. The van der Waals surface area contributed by atoms with Crippen molar-refractivity contribution in [2.75, 3.05) is 7.11 Å². The van der Waals surface area contributed by atoms with Crippen LogP contribution < -0.4 is 0 Å². The number of nitrogens with zero attached hydrogens (tertiary/aromatic N) is 1. The molecule has 0 aliphatic rings. The molecule has 5 nitrogen and oxygen atoms in total. The summed E-state index contributed by atoms with van der Waals surface area (Å²) in [5, 5.41) is 0. The van der Waals surface area contributed by atoms with Crippen molar-refractivity contribution in [3.63, 3.8) is 0 Å². The van der Waals surface area contributed by atoms with E-state index in [-0.39, 0.29) is 17.5 Å². The van der Waals surface area contributed by atoms with Crippen molar-refractivity contribution in [1.82, 2.24) is 4.90 Å². The number of benzene rings is 2. The Morgan fingerprint density at radius 3 is 2.31 bits per heavy atom. The molecule has 0 bridgehead atoms. The lowest BCUT2D eigenvalue weighted by molar-refractivity contribution is 0.0576. The van der Waals surface area contributed by atoms with E-state index in [0.29, 0.717) is 17.9 Å². The second-order valence-corrected chi connectivity index (χ2v) is 6.92. The van der Waals surface area contributed by atoms with Crippen molar-refractivity contribution < 1.29 is 18.7 Å². The van der Waals surface area contributed by atoms with Crippen LogP contribution in [0, 0.1) is 0 Å². The van der Waals surface area contributed by atoms with Crippen LogP contribution in [0.2, 0.25) is 0 Å². The maximum Gasteiger partial charge on any atom is 0.338 e. The fourth-order valence-electron chi connectivity index (χ4n) is 3.29. The summed E-state index contributed by atoms with van der Waals surface area (Å²) in [7, 11) is 1.31. The lowest BCUT2D eigenvalue weighted by Gasteiger charge is -2.29. The number of aryl methyl sites for hydroxylation is 1. The highest BCUT2D eigenvalue weighted by Gasteiger charge is 2.26. The second kappa shape index (κ2) is 9.73. The molecule has 150 valence electrons. The first-order chi connectivity index (χ1) is 14.1. The average molecular weight is 391 g/mol. The van der Waals surface area contributed by atoms with Gasteiger partial charge in [-0.3, -0.25) is 4.79 Å². The Hall–Kier alpha value is -3.34. The predicted molar refractivity (Wildman–Crippen MR) is 111 cm³/mol. The third-order valence-electron chi connectivity index (χ3n) is 4.96. The van der Waals surface area contributed by atoms with Gasteiger partial charge in [0, 0.05) is 6.04 Å². The molecule has 3 rings (SSSR count). The minimum Gasteiger partial charge on any atom is -0.467 e. The summed E-state index contributed by atoms with van der Waals surface area (Å²) in [6, 6.07) is 20.5. The summed E-state index contributed by atoms with van der Waals surface area (Å²) in [5.74, 6) is -0.0488. The summed E-state index contributed by atoms with van der Waals surface area (Å²) >= 11 is 0. The third-order valence-corrected chi connectivity index (χ3v) is 4.96. The van der Waals surface area contributed by atoms with Crippen LogP contribution in [0.25, 0.3) is 0 Å². The van der Waals surface area contributed by atoms with Crippen molar-refractivity contribution in [3.05, 3.63) is 95.4 Å². The van der Waals surface area contributed by atoms with Gasteiger partial charge < -0.3 is 14.1 Å². The van der Waals surface area contributed by atoms with Gasteiger partial charge in [-0.1, -0.05) is 42.5 Å². The van der Waals surface area contributed by atoms with Crippen molar-refractivity contribution in [2.24, 2.45) is 0 Å². The molecule has 1 atom stereocenters. The van der Waals surface area contributed by atoms with Crippen LogP contribution in [-0.2, 0) is 17.7 Å². The quantitative estimate of drug-likeness (QED) is 0.521. The Labute approximate surface area is 170 Å². The predicted octanol–water partition coefficient (Wildman–Crippen LogP) is 4.73. The molecule has 1 heterocycles. The van der Waals surface area contributed by atoms with Crippen LogP contribution in [0.15, 0.2) is 77.4 Å². The lowest BCUT2D eigenvalue weighted by Crippen LogP contribution is -2.39. The van der Waals surface area contributed by atoms with E-state index < -0.39 is 5.97 Å². The molecule has 0 saturated heterocycles. The largest absolute Gasteiger partial charge is 0.467 e. The molecule has 0 radical (unpaired) electrons. The van der Waals surface area contributed by atoms with E-state index in [1.54, 1.807) is 41.5 Å². The van der Waals surface area contributed by atoms with E-state index in [1.807, 2.05) is 31.2 Å². The highest BCUT2D eigenvalue weighted by molar-refractivity contribution is 6.05. The highest BCUT2D eigenvalue weighted by atomic mass is 16.5. The number of esters is 1. The minimum absolute atomic E-state index is 0.0569. The number of amides is 1. The molecule has 29 heavy (non-hydrogen) atoms. The van der Waals surface area contributed by atoms with E-state index >= 15 is 0 Å². The van der Waals surface area contributed by atoms with Crippen LogP contribution in [0.1, 0.15) is 45.4 Å². The number of carbonyl (C=O) groups excluding carboxylic acids is 2. The van der Waals surface area contributed by atoms with E-state index in [0.717, 1.165) is 12.8 Å². The van der Waals surface area contributed by atoms with Crippen LogP contribution in [-0.4, -0.2) is 29.9 Å². The minimum atomic E-state index is -0.524. The van der Waals surface area contributed by atoms with E-state index in [2.05, 4.69) is 12.1 Å². The molecule has 0 aliphatic carbocycles. The van der Waals surface area contributed by atoms with Gasteiger partial charge in [0.2, 0.25) is 0 Å². The summed E-state index contributed by atoms with van der Waals surface area (Å²) in [5.41, 5.74) is 1.82. The molecular weight excluding hydrogens is 366 g/mol. The SMILES string of the molecule is COC(=O)c1ccccc1C(=O)N(Cc1ccco1)[C@H](C)CCc1ccccc1. The van der Waals surface area contributed by atoms with Gasteiger partial charge in [0.25, 0.3) is 5.91 Å². The van der Waals surface area contributed by atoms with Gasteiger partial charge in [0.05, 0.1) is 31.0 Å². The third kappa shape index (κ3) is 5.13. The summed E-state index contributed by atoms with van der Waals surface area (Å²) in [6.07, 6.45) is 3.23. The molecule has 0 unspecified atom stereocenters. The molecule has 2 aromatic carbocycles. The lowest BCUT2D eigenvalue weighted by atomic mass is 10.0. The Bertz CT molecular complexity index is 935. The first kappa shape index (κ1) is 20.4. The van der Waals surface area contributed by atoms with Crippen molar-refractivity contribution >= 4 is 11.9 Å².